The predicted molar refractivity (Wildman–Crippen MR) is 118 cm³/mol. The van der Waals surface area contributed by atoms with Crippen molar-refractivity contribution in [1.29, 1.82) is 0 Å². The second-order valence-corrected chi connectivity index (χ2v) is 9.11. The van der Waals surface area contributed by atoms with Crippen LogP contribution >= 0.6 is 0 Å². The highest BCUT2D eigenvalue weighted by molar-refractivity contribution is 5.84. The van der Waals surface area contributed by atoms with Crippen molar-refractivity contribution in [2.24, 2.45) is 0 Å². The third kappa shape index (κ3) is 5.27. The molecule has 2 aromatic rings. The lowest BCUT2D eigenvalue weighted by Crippen LogP contribution is -2.57. The second-order valence-electron chi connectivity index (χ2n) is 9.11. The number of nitro benzene ring substituents is 1. The van der Waals surface area contributed by atoms with Crippen molar-refractivity contribution in [3.05, 3.63) is 75.1 Å². The molecule has 2 aliphatic rings. The van der Waals surface area contributed by atoms with Gasteiger partial charge >= 0.3 is 18.1 Å². The van der Waals surface area contributed by atoms with Crippen LogP contribution < -0.4 is 0 Å². The van der Waals surface area contributed by atoms with E-state index in [1.165, 1.54) is 4.90 Å². The Balaban J connectivity index is 1.62. The van der Waals surface area contributed by atoms with E-state index in [9.17, 15) is 42.4 Å². The molecule has 1 spiro atoms. The summed E-state index contributed by atoms with van der Waals surface area (Å²) in [5, 5.41) is 21.1. The maximum absolute atomic E-state index is 14.5. The molecule has 9 nitrogen and oxygen atoms in total. The summed E-state index contributed by atoms with van der Waals surface area (Å²) in [6.07, 6.45) is -5.80. The van der Waals surface area contributed by atoms with Gasteiger partial charge in [-0.25, -0.2) is 14.0 Å². The number of hydrogen-bond donors (Lipinski definition) is 1. The zero-order chi connectivity index (χ0) is 27.0. The molecule has 198 valence electrons. The minimum atomic E-state index is -5.52. The van der Waals surface area contributed by atoms with Crippen LogP contribution in [0.25, 0.3) is 0 Å². The smallest absolute Gasteiger partial charge is 0.478 e. The van der Waals surface area contributed by atoms with Gasteiger partial charge in [0.2, 0.25) is 5.60 Å². The van der Waals surface area contributed by atoms with Gasteiger partial charge in [0.25, 0.3) is 5.69 Å². The van der Waals surface area contributed by atoms with Gasteiger partial charge < -0.3 is 14.6 Å². The predicted octanol–water partition coefficient (Wildman–Crippen LogP) is 3.73. The number of aliphatic carboxylic acids is 1. The molecule has 0 aromatic heterocycles. The summed E-state index contributed by atoms with van der Waals surface area (Å²) >= 11 is 0. The highest BCUT2D eigenvalue weighted by atomic mass is 19.4. The number of carbonyl (C=O) groups excluding carboxylic acids is 1. The number of halogens is 4. The molecule has 13 heteroatoms. The average Bonchev–Trinajstić information content (AvgIpc) is 3.19. The van der Waals surface area contributed by atoms with Gasteiger partial charge in [0.05, 0.1) is 17.1 Å². The Labute approximate surface area is 207 Å². The standard InChI is InChI=1S/C24H22F4N2O7/c25-19-6-5-17(30(34)35)11-16(19)12-23(20(31)32,37-21(33)24(26,27)28)14-29-9-7-22(8-10-29)18-4-2-1-3-15(18)13-36-22/h1-6,11H,7-10,12-14H2,(H,31,32). The minimum Gasteiger partial charge on any atom is -0.478 e. The first kappa shape index (κ1) is 26.5. The third-order valence-electron chi connectivity index (χ3n) is 6.78. The first-order chi connectivity index (χ1) is 17.4. The molecule has 2 aliphatic heterocycles. The third-order valence-corrected chi connectivity index (χ3v) is 6.78. The van der Waals surface area contributed by atoms with Crippen molar-refractivity contribution >= 4 is 17.6 Å². The normalized spacial score (nSPS) is 18.7. The molecule has 1 unspecified atom stereocenters. The number of likely N-dealkylation sites (tertiary alicyclic amines) is 1. The number of fused-ring (bicyclic) bond motifs is 2. The van der Waals surface area contributed by atoms with Crippen molar-refractivity contribution in [3.8, 4) is 0 Å². The van der Waals surface area contributed by atoms with E-state index in [2.05, 4.69) is 4.74 Å². The minimum absolute atomic E-state index is 0.185. The van der Waals surface area contributed by atoms with E-state index < -0.39 is 64.3 Å². The lowest BCUT2D eigenvalue weighted by molar-refractivity contribution is -0.385. The molecule has 0 saturated carbocycles. The molecule has 2 heterocycles. The summed E-state index contributed by atoms with van der Waals surface area (Å²) in [5.41, 5.74) is -2.68. The van der Waals surface area contributed by atoms with Crippen LogP contribution in [-0.4, -0.2) is 58.3 Å². The van der Waals surface area contributed by atoms with E-state index in [-0.39, 0.29) is 13.1 Å². The lowest BCUT2D eigenvalue weighted by atomic mass is 9.83. The van der Waals surface area contributed by atoms with E-state index in [4.69, 9.17) is 4.74 Å². The summed E-state index contributed by atoms with van der Waals surface area (Å²) in [6, 6.07) is 9.83. The lowest BCUT2D eigenvalue weighted by Gasteiger charge is -2.42. The summed E-state index contributed by atoms with van der Waals surface area (Å²) in [6.45, 7) is 0.0587. The number of nitrogens with zero attached hydrogens (tertiary/aromatic N) is 2. The molecule has 1 N–H and O–H groups in total. The largest absolute Gasteiger partial charge is 0.490 e. The van der Waals surface area contributed by atoms with Gasteiger partial charge in [-0.3, -0.25) is 15.0 Å². The number of rotatable bonds is 7. The van der Waals surface area contributed by atoms with Gasteiger partial charge in [0.1, 0.15) is 5.82 Å². The van der Waals surface area contributed by atoms with Gasteiger partial charge in [0, 0.05) is 38.2 Å². The molecule has 0 amide bonds. The number of esters is 1. The highest BCUT2D eigenvalue weighted by Gasteiger charge is 2.53. The van der Waals surface area contributed by atoms with Crippen LogP contribution in [0.15, 0.2) is 42.5 Å². The number of carboxylic acids is 1. The molecule has 2 aromatic carbocycles. The van der Waals surface area contributed by atoms with Gasteiger partial charge in [0.15, 0.2) is 0 Å². The molecular formula is C24H22F4N2O7. The Bertz CT molecular complexity index is 1230. The number of piperidine rings is 1. The van der Waals surface area contributed by atoms with E-state index in [1.807, 2.05) is 24.3 Å². The number of carbonyl (C=O) groups is 2. The monoisotopic (exact) mass is 526 g/mol. The summed E-state index contributed by atoms with van der Waals surface area (Å²) < 4.78 is 64.3. The number of nitro groups is 1. The fourth-order valence-corrected chi connectivity index (χ4v) is 4.90. The number of ether oxygens (including phenoxy) is 2. The molecule has 0 bridgehead atoms. The van der Waals surface area contributed by atoms with Gasteiger partial charge in [-0.2, -0.15) is 13.2 Å². The molecule has 37 heavy (non-hydrogen) atoms. The zero-order valence-electron chi connectivity index (χ0n) is 19.3. The van der Waals surface area contributed by atoms with Crippen molar-refractivity contribution in [2.75, 3.05) is 19.6 Å². The van der Waals surface area contributed by atoms with Gasteiger partial charge in [-0.15, -0.1) is 0 Å². The fraction of sp³-hybridized carbons (Fsp3) is 0.417. The summed E-state index contributed by atoms with van der Waals surface area (Å²) in [5.74, 6) is -5.80. The molecular weight excluding hydrogens is 504 g/mol. The van der Waals surface area contributed by atoms with Crippen molar-refractivity contribution < 1.29 is 46.7 Å². The number of hydrogen-bond acceptors (Lipinski definition) is 7. The van der Waals surface area contributed by atoms with Crippen molar-refractivity contribution in [2.45, 2.75) is 43.2 Å². The molecule has 1 atom stereocenters. The second kappa shape index (κ2) is 9.71. The van der Waals surface area contributed by atoms with Crippen LogP contribution in [0.2, 0.25) is 0 Å². The Morgan fingerprint density at radius 3 is 2.46 bits per heavy atom. The number of carboxylic acid groups (broad SMARTS) is 1. The first-order valence-electron chi connectivity index (χ1n) is 11.3. The zero-order valence-corrected chi connectivity index (χ0v) is 19.3. The summed E-state index contributed by atoms with van der Waals surface area (Å²) in [7, 11) is 0. The van der Waals surface area contributed by atoms with E-state index in [0.29, 0.717) is 31.6 Å². The van der Waals surface area contributed by atoms with Gasteiger partial charge in [-0.1, -0.05) is 24.3 Å². The molecule has 1 saturated heterocycles. The van der Waals surface area contributed by atoms with Crippen LogP contribution in [0.5, 0.6) is 0 Å². The molecule has 0 aliphatic carbocycles. The fourth-order valence-electron chi connectivity index (χ4n) is 4.90. The Morgan fingerprint density at radius 1 is 1.16 bits per heavy atom. The number of non-ortho nitro benzene ring substituents is 1. The Hall–Kier alpha value is -3.58. The van der Waals surface area contributed by atoms with E-state index >= 15 is 0 Å². The average molecular weight is 526 g/mol. The van der Waals surface area contributed by atoms with Crippen LogP contribution in [0.4, 0.5) is 23.2 Å². The van der Waals surface area contributed by atoms with Crippen LogP contribution in [0.1, 0.15) is 29.5 Å². The topological polar surface area (TPSA) is 119 Å². The van der Waals surface area contributed by atoms with Crippen molar-refractivity contribution in [3.63, 3.8) is 0 Å². The van der Waals surface area contributed by atoms with Gasteiger partial charge in [-0.05, 0) is 35.6 Å². The van der Waals surface area contributed by atoms with Crippen molar-refractivity contribution in [1.82, 2.24) is 4.90 Å². The van der Waals surface area contributed by atoms with E-state index in [0.717, 1.165) is 17.2 Å². The quantitative estimate of drug-likeness (QED) is 0.251. The van der Waals surface area contributed by atoms with Crippen LogP contribution in [0, 0.1) is 15.9 Å². The maximum atomic E-state index is 14.5. The van der Waals surface area contributed by atoms with Crippen LogP contribution in [-0.2, 0) is 37.7 Å². The highest BCUT2D eigenvalue weighted by Crippen LogP contribution is 2.44. The van der Waals surface area contributed by atoms with Crippen LogP contribution in [0.3, 0.4) is 0 Å². The maximum Gasteiger partial charge on any atom is 0.490 e. The summed E-state index contributed by atoms with van der Waals surface area (Å²) in [4.78, 5) is 35.9. The molecule has 0 radical (unpaired) electrons. The molecule has 1 fully saturated rings. The Morgan fingerprint density at radius 2 is 1.84 bits per heavy atom. The number of benzene rings is 2. The number of alkyl halides is 3. The Kier molecular flexibility index (Phi) is 6.95. The first-order valence-corrected chi connectivity index (χ1v) is 11.3. The molecule has 4 rings (SSSR count). The SMILES string of the molecule is O=C(OC(Cc1cc([N+](=O)[O-])ccc1F)(CN1CCC2(CC1)OCc1ccccc12)C(=O)O)C(F)(F)F. The van der Waals surface area contributed by atoms with E-state index in [1.54, 1.807) is 0 Å².